The number of hydrogen-bond donors (Lipinski definition) is 1. The Morgan fingerprint density at radius 1 is 1.27 bits per heavy atom. The predicted molar refractivity (Wildman–Crippen MR) is 41.2 cm³/mol. The first-order chi connectivity index (χ1) is 6.79. The third-order valence-electron chi connectivity index (χ3n) is 1.70. The molecule has 0 bridgehead atoms. The van der Waals surface area contributed by atoms with Gasteiger partial charge in [0.15, 0.2) is 12.1 Å². The van der Waals surface area contributed by atoms with Crippen molar-refractivity contribution in [3.05, 3.63) is 28.8 Å². The Morgan fingerprint density at radius 3 is 2.20 bits per heavy atom. The molecule has 1 aromatic carbocycles. The average Bonchev–Trinajstić information content (AvgIpc) is 2.09. The highest BCUT2D eigenvalue weighted by Crippen LogP contribution is 2.36. The quantitative estimate of drug-likeness (QED) is 0.453. The molecule has 0 amide bonds. The van der Waals surface area contributed by atoms with Crippen LogP contribution in [-0.2, 0) is 6.18 Å². The highest BCUT2D eigenvalue weighted by Gasteiger charge is 2.39. The van der Waals surface area contributed by atoms with Gasteiger partial charge in [0, 0.05) is 5.56 Å². The number of carbonyl (C=O) groups is 1. The Kier molecular flexibility index (Phi) is 2.65. The molecule has 15 heavy (non-hydrogen) atoms. The first-order valence-electron chi connectivity index (χ1n) is 3.59. The van der Waals surface area contributed by atoms with Crippen molar-refractivity contribution in [2.45, 2.75) is 6.18 Å². The number of benzene rings is 1. The van der Waals surface area contributed by atoms with Crippen LogP contribution in [0, 0.1) is 11.6 Å². The van der Waals surface area contributed by atoms with Crippen molar-refractivity contribution in [2.24, 2.45) is 0 Å². The van der Waals surface area contributed by atoms with E-state index in [1.54, 1.807) is 0 Å². The molecule has 0 aliphatic carbocycles. The topological polar surface area (TPSA) is 43.1 Å². The van der Waals surface area contributed by atoms with E-state index in [1.165, 1.54) is 0 Å². The lowest BCUT2D eigenvalue weighted by Crippen LogP contribution is -2.14. The second kappa shape index (κ2) is 3.48. The number of alkyl halides is 3. The molecule has 0 saturated heterocycles. The summed E-state index contributed by atoms with van der Waals surface area (Å²) in [4.78, 5) is 10.2. The molecule has 0 aliphatic rings. The Bertz CT molecular complexity index is 412. The van der Waals surface area contributed by atoms with Crippen LogP contribution in [0.1, 0.15) is 15.9 Å². The Morgan fingerprint density at radius 2 is 1.80 bits per heavy atom. The molecule has 0 heterocycles. The molecule has 0 radical (unpaired) electrons. The van der Waals surface area contributed by atoms with Crippen LogP contribution >= 0.6 is 0 Å². The van der Waals surface area contributed by atoms with Crippen molar-refractivity contribution in [1.82, 2.24) is 0 Å². The molecule has 0 spiro atoms. The average molecular weight is 225 g/mol. The van der Waals surface area contributed by atoms with Crippen molar-refractivity contribution in [1.29, 1.82) is 0 Å². The van der Waals surface area contributed by atoms with Gasteiger partial charge in [0.2, 0.25) is 0 Å². The summed E-state index contributed by atoms with van der Waals surface area (Å²) < 4.78 is 62.1. The maximum Gasteiger partial charge on any atom is 0.422 e. The monoisotopic (exact) mass is 225 g/mol. The van der Waals surface area contributed by atoms with Gasteiger partial charge in [0.25, 0.3) is 0 Å². The number of rotatable bonds is 1. The first-order valence-corrected chi connectivity index (χ1v) is 3.59. The number of carbonyl (C=O) groups excluding carboxylic acids is 1. The zero-order valence-electron chi connectivity index (χ0n) is 7.03. The summed E-state index contributed by atoms with van der Waals surface area (Å²) in [5, 5.41) is 0. The van der Waals surface area contributed by atoms with Crippen LogP contribution in [0.5, 0.6) is 0 Å². The lowest BCUT2D eigenvalue weighted by atomic mass is 10.1. The van der Waals surface area contributed by atoms with Gasteiger partial charge >= 0.3 is 6.18 Å². The number of nitrogen functional groups attached to an aromatic ring is 1. The van der Waals surface area contributed by atoms with E-state index in [2.05, 4.69) is 0 Å². The van der Waals surface area contributed by atoms with E-state index in [0.29, 0.717) is 0 Å². The molecule has 0 aromatic heterocycles. The van der Waals surface area contributed by atoms with E-state index in [4.69, 9.17) is 5.73 Å². The fraction of sp³-hybridized carbons (Fsp3) is 0.125. The highest BCUT2D eigenvalue weighted by molar-refractivity contribution is 5.83. The number of nitrogens with two attached hydrogens (primary N) is 1. The molecule has 82 valence electrons. The number of aldehydes is 1. The van der Waals surface area contributed by atoms with Gasteiger partial charge in [-0.25, -0.2) is 8.78 Å². The fourth-order valence-electron chi connectivity index (χ4n) is 1.01. The lowest BCUT2D eigenvalue weighted by Gasteiger charge is -2.11. The summed E-state index contributed by atoms with van der Waals surface area (Å²) in [6.45, 7) is 0. The van der Waals surface area contributed by atoms with Crippen LogP contribution in [-0.4, -0.2) is 6.29 Å². The third kappa shape index (κ3) is 1.90. The van der Waals surface area contributed by atoms with Crippen LogP contribution in [0.4, 0.5) is 27.6 Å². The van der Waals surface area contributed by atoms with Gasteiger partial charge in [0.1, 0.15) is 11.4 Å². The van der Waals surface area contributed by atoms with E-state index in [-0.39, 0.29) is 12.4 Å². The Labute approximate surface area is 80.5 Å². The maximum atomic E-state index is 13.0. The smallest absolute Gasteiger partial charge is 0.396 e. The first kappa shape index (κ1) is 11.4. The second-order valence-corrected chi connectivity index (χ2v) is 2.67. The summed E-state index contributed by atoms with van der Waals surface area (Å²) in [5.74, 6) is -3.83. The molecule has 0 saturated carbocycles. The molecule has 7 heteroatoms. The van der Waals surface area contributed by atoms with Crippen LogP contribution in [0.2, 0.25) is 0 Å². The molecule has 1 aromatic rings. The van der Waals surface area contributed by atoms with E-state index in [0.717, 1.165) is 0 Å². The number of halogens is 5. The minimum atomic E-state index is -5.19. The summed E-state index contributed by atoms with van der Waals surface area (Å²) in [7, 11) is 0. The second-order valence-electron chi connectivity index (χ2n) is 2.67. The molecule has 2 nitrogen and oxygen atoms in total. The summed E-state index contributed by atoms with van der Waals surface area (Å²) >= 11 is 0. The predicted octanol–water partition coefficient (Wildman–Crippen LogP) is 2.38. The molecule has 0 atom stereocenters. The standard InChI is InChI=1S/C8H4F5NO/c9-4-1-3(2-15)7(14)6(10)5(4)8(11,12)13/h1-2H,14H2. The van der Waals surface area contributed by atoms with Gasteiger partial charge < -0.3 is 5.73 Å². The van der Waals surface area contributed by atoms with E-state index in [1.807, 2.05) is 0 Å². The molecular weight excluding hydrogens is 221 g/mol. The Balaban J connectivity index is 3.57. The molecule has 0 unspecified atom stereocenters. The molecule has 0 aliphatic heterocycles. The van der Waals surface area contributed by atoms with Gasteiger partial charge in [-0.3, -0.25) is 4.79 Å². The van der Waals surface area contributed by atoms with Crippen LogP contribution in [0.25, 0.3) is 0 Å². The van der Waals surface area contributed by atoms with Crippen molar-refractivity contribution >= 4 is 12.0 Å². The van der Waals surface area contributed by atoms with Crippen LogP contribution in [0.15, 0.2) is 6.07 Å². The number of anilines is 1. The zero-order valence-corrected chi connectivity index (χ0v) is 7.03. The SMILES string of the molecule is Nc1c(C=O)cc(F)c(C(F)(F)F)c1F. The molecule has 0 fully saturated rings. The van der Waals surface area contributed by atoms with Crippen molar-refractivity contribution < 1.29 is 26.7 Å². The Hall–Kier alpha value is -1.66. The fourth-order valence-corrected chi connectivity index (χ4v) is 1.01. The lowest BCUT2D eigenvalue weighted by molar-refractivity contribution is -0.142. The van der Waals surface area contributed by atoms with Crippen molar-refractivity contribution in [3.63, 3.8) is 0 Å². The van der Waals surface area contributed by atoms with Gasteiger partial charge in [0.05, 0.1) is 5.69 Å². The minimum Gasteiger partial charge on any atom is -0.396 e. The van der Waals surface area contributed by atoms with Crippen LogP contribution < -0.4 is 5.73 Å². The molecule has 2 N–H and O–H groups in total. The molecule has 1 rings (SSSR count). The maximum absolute atomic E-state index is 13.0. The summed E-state index contributed by atoms with van der Waals surface area (Å²) in [5.41, 5.74) is 1.12. The zero-order chi connectivity index (χ0) is 11.8. The summed E-state index contributed by atoms with van der Waals surface area (Å²) in [6.07, 6.45) is -5.22. The number of hydrogen-bond acceptors (Lipinski definition) is 2. The largest absolute Gasteiger partial charge is 0.422 e. The van der Waals surface area contributed by atoms with E-state index < -0.39 is 34.6 Å². The van der Waals surface area contributed by atoms with E-state index >= 15 is 0 Å². The van der Waals surface area contributed by atoms with E-state index in [9.17, 15) is 26.7 Å². The highest BCUT2D eigenvalue weighted by atomic mass is 19.4. The molecular formula is C8H4F5NO. The minimum absolute atomic E-state index is 0.0261. The van der Waals surface area contributed by atoms with Gasteiger partial charge in [-0.15, -0.1) is 0 Å². The van der Waals surface area contributed by atoms with Gasteiger partial charge in [-0.1, -0.05) is 0 Å². The normalized spacial score (nSPS) is 11.5. The summed E-state index contributed by atoms with van der Waals surface area (Å²) in [6, 6.07) is 0.244. The van der Waals surface area contributed by atoms with Crippen molar-refractivity contribution in [2.75, 3.05) is 5.73 Å². The third-order valence-corrected chi connectivity index (χ3v) is 1.70. The van der Waals surface area contributed by atoms with Gasteiger partial charge in [-0.05, 0) is 6.07 Å². The van der Waals surface area contributed by atoms with Crippen molar-refractivity contribution in [3.8, 4) is 0 Å². The van der Waals surface area contributed by atoms with Gasteiger partial charge in [-0.2, -0.15) is 13.2 Å². The van der Waals surface area contributed by atoms with Crippen LogP contribution in [0.3, 0.4) is 0 Å².